The molecule has 0 spiro atoms. The van der Waals surface area contributed by atoms with Crippen molar-refractivity contribution in [2.24, 2.45) is 0 Å². The van der Waals surface area contributed by atoms with E-state index in [2.05, 4.69) is 15.9 Å². The van der Waals surface area contributed by atoms with E-state index in [1.165, 1.54) is 4.31 Å². The summed E-state index contributed by atoms with van der Waals surface area (Å²) in [7, 11) is -3.35. The molecule has 4 nitrogen and oxygen atoms in total. The molecular weight excluding hydrogens is 328 g/mol. The fraction of sp³-hybridized carbons (Fsp3) is 0.462. The Morgan fingerprint density at radius 3 is 2.58 bits per heavy atom. The molecule has 2 atom stereocenters. The summed E-state index contributed by atoms with van der Waals surface area (Å²) in [5, 5.41) is 8.31. The molecule has 1 saturated carbocycles. The van der Waals surface area contributed by atoms with E-state index in [-0.39, 0.29) is 17.7 Å². The fourth-order valence-corrected chi connectivity index (χ4v) is 4.48. The molecule has 1 fully saturated rings. The maximum atomic E-state index is 12.3. The van der Waals surface area contributed by atoms with Gasteiger partial charge in [-0.25, -0.2) is 8.42 Å². The van der Waals surface area contributed by atoms with E-state index in [1.807, 2.05) is 30.3 Å². The van der Waals surface area contributed by atoms with Gasteiger partial charge in [0, 0.05) is 16.9 Å². The molecule has 0 bridgehead atoms. The molecule has 19 heavy (non-hydrogen) atoms. The number of benzene rings is 1. The van der Waals surface area contributed by atoms with Gasteiger partial charge in [0.2, 0.25) is 10.0 Å². The zero-order valence-corrected chi connectivity index (χ0v) is 13.0. The highest BCUT2D eigenvalue weighted by molar-refractivity contribution is 9.10. The molecule has 102 valence electrons. The van der Waals surface area contributed by atoms with Crippen molar-refractivity contribution in [1.82, 2.24) is 4.31 Å². The van der Waals surface area contributed by atoms with Gasteiger partial charge in [0.1, 0.15) is 6.54 Å². The van der Waals surface area contributed by atoms with Crippen molar-refractivity contribution < 1.29 is 8.42 Å². The van der Waals surface area contributed by atoms with Crippen LogP contribution in [0.4, 0.5) is 0 Å². The first kappa shape index (κ1) is 14.5. The molecule has 0 saturated heterocycles. The van der Waals surface area contributed by atoms with Gasteiger partial charge in [-0.15, -0.1) is 0 Å². The van der Waals surface area contributed by atoms with E-state index in [4.69, 9.17) is 5.26 Å². The van der Waals surface area contributed by atoms with Gasteiger partial charge in [-0.2, -0.15) is 9.57 Å². The molecule has 1 aromatic rings. The summed E-state index contributed by atoms with van der Waals surface area (Å²) < 4.78 is 26.9. The lowest BCUT2D eigenvalue weighted by atomic mass is 10.1. The summed E-state index contributed by atoms with van der Waals surface area (Å²) in [6.07, 6.45) is 0.645. The largest absolute Gasteiger partial charge is 0.218 e. The van der Waals surface area contributed by atoms with Crippen LogP contribution in [-0.2, 0) is 10.0 Å². The van der Waals surface area contributed by atoms with Crippen molar-refractivity contribution in [2.45, 2.75) is 24.5 Å². The number of hydrogen-bond donors (Lipinski definition) is 0. The number of halogens is 1. The van der Waals surface area contributed by atoms with E-state index in [0.29, 0.717) is 13.0 Å². The van der Waals surface area contributed by atoms with Crippen LogP contribution in [0, 0.1) is 11.3 Å². The Bertz CT molecular complexity index is 592. The maximum Gasteiger partial charge on any atom is 0.218 e. The van der Waals surface area contributed by atoms with Gasteiger partial charge < -0.3 is 0 Å². The van der Waals surface area contributed by atoms with E-state index in [9.17, 15) is 8.42 Å². The Morgan fingerprint density at radius 2 is 2.05 bits per heavy atom. The summed E-state index contributed by atoms with van der Waals surface area (Å²) >= 11 is 3.36. The molecule has 0 aliphatic heterocycles. The van der Waals surface area contributed by atoms with Crippen molar-refractivity contribution in [1.29, 1.82) is 5.26 Å². The maximum absolute atomic E-state index is 12.3. The minimum absolute atomic E-state index is 0.0610. The average molecular weight is 343 g/mol. The molecule has 2 rings (SSSR count). The predicted octanol–water partition coefficient (Wildman–Crippen LogP) is 2.48. The Kier molecular flexibility index (Phi) is 4.29. The number of rotatable bonds is 5. The molecule has 1 aromatic carbocycles. The average Bonchev–Trinajstić information content (AvgIpc) is 3.17. The van der Waals surface area contributed by atoms with Crippen LogP contribution in [-0.4, -0.2) is 31.1 Å². The predicted molar refractivity (Wildman–Crippen MR) is 77.1 cm³/mol. The quantitative estimate of drug-likeness (QED) is 0.772. The molecule has 0 radical (unpaired) electrons. The van der Waals surface area contributed by atoms with Crippen LogP contribution in [0.1, 0.15) is 24.8 Å². The van der Waals surface area contributed by atoms with Crippen molar-refractivity contribution in [3.63, 3.8) is 0 Å². The molecule has 0 N–H and O–H groups in total. The summed E-state index contributed by atoms with van der Waals surface area (Å²) in [6, 6.07) is 9.65. The molecule has 0 amide bonds. The second-order valence-corrected chi connectivity index (χ2v) is 7.63. The van der Waals surface area contributed by atoms with Crippen LogP contribution < -0.4 is 0 Å². The summed E-state index contributed by atoms with van der Waals surface area (Å²) in [6.45, 7) is 2.04. The van der Waals surface area contributed by atoms with Gasteiger partial charge in [-0.3, -0.25) is 0 Å². The van der Waals surface area contributed by atoms with Gasteiger partial charge in [0.15, 0.2) is 0 Å². The normalized spacial score (nSPS) is 22.2. The van der Waals surface area contributed by atoms with E-state index in [1.54, 1.807) is 6.92 Å². The highest BCUT2D eigenvalue weighted by Gasteiger charge is 2.50. The lowest BCUT2D eigenvalue weighted by molar-refractivity contribution is 0.461. The van der Waals surface area contributed by atoms with Crippen molar-refractivity contribution >= 4 is 26.0 Å². The monoisotopic (exact) mass is 342 g/mol. The van der Waals surface area contributed by atoms with Crippen LogP contribution >= 0.6 is 15.9 Å². The van der Waals surface area contributed by atoms with Crippen molar-refractivity contribution in [3.8, 4) is 6.07 Å². The number of sulfonamides is 1. The first-order valence-electron chi connectivity index (χ1n) is 6.12. The SMILES string of the molecule is CCN(CC#N)S(=O)(=O)[C@H]1C[C@@H]1c1ccc(Br)cc1. The van der Waals surface area contributed by atoms with Gasteiger partial charge in [-0.1, -0.05) is 35.0 Å². The lowest BCUT2D eigenvalue weighted by Gasteiger charge is -2.17. The van der Waals surface area contributed by atoms with Crippen molar-refractivity contribution in [2.75, 3.05) is 13.1 Å². The molecule has 0 heterocycles. The minimum Gasteiger partial charge on any atom is -0.212 e. The van der Waals surface area contributed by atoms with Gasteiger partial charge in [-0.05, 0) is 24.1 Å². The number of nitrogens with zero attached hydrogens (tertiary/aromatic N) is 2. The molecule has 0 unspecified atom stereocenters. The van der Waals surface area contributed by atoms with Crippen LogP contribution in [0.2, 0.25) is 0 Å². The zero-order valence-electron chi connectivity index (χ0n) is 10.6. The number of hydrogen-bond acceptors (Lipinski definition) is 3. The first-order chi connectivity index (χ1) is 9.00. The highest BCUT2D eigenvalue weighted by Crippen LogP contribution is 2.47. The van der Waals surface area contributed by atoms with Crippen LogP contribution in [0.5, 0.6) is 0 Å². The third-order valence-corrected chi connectivity index (χ3v) is 6.29. The van der Waals surface area contributed by atoms with Gasteiger partial charge in [0.05, 0.1) is 11.3 Å². The van der Waals surface area contributed by atoms with E-state index < -0.39 is 10.0 Å². The molecular formula is C13H15BrN2O2S. The topological polar surface area (TPSA) is 61.2 Å². The Morgan fingerprint density at radius 1 is 1.42 bits per heavy atom. The van der Waals surface area contributed by atoms with Gasteiger partial charge >= 0.3 is 0 Å². The summed E-state index contributed by atoms with van der Waals surface area (Å²) in [4.78, 5) is 0. The minimum atomic E-state index is -3.35. The second kappa shape index (κ2) is 5.61. The Balaban J connectivity index is 2.14. The second-order valence-electron chi connectivity index (χ2n) is 4.56. The zero-order chi connectivity index (χ0) is 14.0. The highest BCUT2D eigenvalue weighted by atomic mass is 79.9. The molecule has 1 aliphatic carbocycles. The van der Waals surface area contributed by atoms with Crippen LogP contribution in [0.3, 0.4) is 0 Å². The standard InChI is InChI=1S/C13H15BrN2O2S/c1-2-16(8-7-15)19(17,18)13-9-12(13)10-3-5-11(14)6-4-10/h3-6,12-13H,2,8-9H2,1H3/t12-,13+/m1/s1. The van der Waals surface area contributed by atoms with Crippen LogP contribution in [0.25, 0.3) is 0 Å². The summed E-state index contributed by atoms with van der Waals surface area (Å²) in [5.74, 6) is 0.0610. The number of nitriles is 1. The van der Waals surface area contributed by atoms with Crippen molar-refractivity contribution in [3.05, 3.63) is 34.3 Å². The summed E-state index contributed by atoms with van der Waals surface area (Å²) in [5.41, 5.74) is 1.05. The third-order valence-electron chi connectivity index (χ3n) is 3.37. The van der Waals surface area contributed by atoms with E-state index >= 15 is 0 Å². The fourth-order valence-electron chi connectivity index (χ4n) is 2.21. The Labute approximate surface area is 122 Å². The smallest absolute Gasteiger partial charge is 0.212 e. The van der Waals surface area contributed by atoms with E-state index in [0.717, 1.165) is 10.0 Å². The first-order valence-corrected chi connectivity index (χ1v) is 8.41. The molecule has 6 heteroatoms. The molecule has 1 aliphatic rings. The lowest BCUT2D eigenvalue weighted by Crippen LogP contribution is -2.34. The van der Waals surface area contributed by atoms with Crippen LogP contribution in [0.15, 0.2) is 28.7 Å². The molecule has 0 aromatic heterocycles. The Hall–Kier alpha value is -0.900. The van der Waals surface area contributed by atoms with Gasteiger partial charge in [0.25, 0.3) is 0 Å². The third kappa shape index (κ3) is 2.99.